The third kappa shape index (κ3) is 3.54. The van der Waals surface area contributed by atoms with E-state index in [0.717, 1.165) is 19.1 Å². The number of ketones is 1. The summed E-state index contributed by atoms with van der Waals surface area (Å²) in [5, 5.41) is 9.73. The molecule has 1 aromatic heterocycles. The van der Waals surface area contributed by atoms with Crippen LogP contribution < -0.4 is 4.74 Å². The maximum absolute atomic E-state index is 13.6. The molecule has 4 nitrogen and oxygen atoms in total. The Morgan fingerprint density at radius 3 is 2.32 bits per heavy atom. The number of carbonyl (C=O) groups excluding carboxylic acids is 1. The minimum absolute atomic E-state index is 0.0491. The van der Waals surface area contributed by atoms with Gasteiger partial charge in [0.25, 0.3) is 0 Å². The van der Waals surface area contributed by atoms with E-state index in [0.29, 0.717) is 0 Å². The molecule has 0 aliphatic heterocycles. The van der Waals surface area contributed by atoms with Crippen molar-refractivity contribution in [3.05, 3.63) is 30.0 Å². The highest BCUT2D eigenvalue weighted by atomic mass is 19.4. The van der Waals surface area contributed by atoms with E-state index < -0.39 is 53.8 Å². The lowest BCUT2D eigenvalue weighted by Gasteiger charge is -2.32. The third-order valence-corrected chi connectivity index (χ3v) is 3.68. The summed E-state index contributed by atoms with van der Waals surface area (Å²) in [4.78, 5) is 15.1. The number of hydrogen-bond donors (Lipinski definition) is 1. The van der Waals surface area contributed by atoms with E-state index in [2.05, 4.69) is 9.72 Å². The van der Waals surface area contributed by atoms with Gasteiger partial charge in [-0.15, -0.1) is 0 Å². The lowest BCUT2D eigenvalue weighted by Crippen LogP contribution is -2.59. The highest BCUT2D eigenvalue weighted by molar-refractivity contribution is 5.98. The molecule has 0 atom stereocenters. The van der Waals surface area contributed by atoms with Gasteiger partial charge < -0.3 is 9.84 Å². The molecular formula is C16H11F8NO3. The molecule has 1 aromatic carbocycles. The van der Waals surface area contributed by atoms with E-state index >= 15 is 0 Å². The van der Waals surface area contributed by atoms with Crippen LogP contribution in [-0.2, 0) is 0 Å². The van der Waals surface area contributed by atoms with Gasteiger partial charge in [-0.05, 0) is 12.1 Å². The predicted octanol–water partition coefficient (Wildman–Crippen LogP) is 4.69. The quantitative estimate of drug-likeness (QED) is 0.525. The molecule has 1 N–H and O–H groups in total. The molecule has 2 rings (SSSR count). The number of hydrogen-bond acceptors (Lipinski definition) is 4. The van der Waals surface area contributed by atoms with E-state index in [1.165, 1.54) is 12.1 Å². The van der Waals surface area contributed by atoms with Gasteiger partial charge in [0.15, 0.2) is 12.4 Å². The summed E-state index contributed by atoms with van der Waals surface area (Å²) in [5.74, 6) is -20.3. The van der Waals surface area contributed by atoms with Crippen LogP contribution in [0.25, 0.3) is 10.9 Å². The lowest BCUT2D eigenvalue weighted by atomic mass is 10.1. The fourth-order valence-corrected chi connectivity index (χ4v) is 2.18. The van der Waals surface area contributed by atoms with Crippen LogP contribution in [0.3, 0.4) is 0 Å². The third-order valence-electron chi connectivity index (χ3n) is 3.68. The molecule has 12 heteroatoms. The largest absolute Gasteiger partial charge is 0.506 e. The van der Waals surface area contributed by atoms with E-state index in [1.807, 2.05) is 0 Å². The van der Waals surface area contributed by atoms with Crippen molar-refractivity contribution in [2.75, 3.05) is 6.61 Å². The molecule has 0 saturated carbocycles. The van der Waals surface area contributed by atoms with E-state index in [-0.39, 0.29) is 10.9 Å². The zero-order valence-electron chi connectivity index (χ0n) is 13.8. The summed E-state index contributed by atoms with van der Waals surface area (Å²) in [7, 11) is 0. The number of alkyl halides is 8. The van der Waals surface area contributed by atoms with Crippen molar-refractivity contribution in [1.82, 2.24) is 4.98 Å². The number of Topliss-reactive ketones (excluding diaryl/α,β-unsaturated/α-hetero) is 1. The molecule has 0 aliphatic carbocycles. The zero-order valence-corrected chi connectivity index (χ0v) is 13.8. The average molecular weight is 417 g/mol. The van der Waals surface area contributed by atoms with Gasteiger partial charge >= 0.3 is 24.2 Å². The van der Waals surface area contributed by atoms with Gasteiger partial charge in [-0.3, -0.25) is 4.79 Å². The number of ether oxygens (including phenoxy) is 1. The Morgan fingerprint density at radius 1 is 1.18 bits per heavy atom. The number of pyridine rings is 1. The number of carbonyl (C=O) groups is 1. The van der Waals surface area contributed by atoms with E-state index in [4.69, 9.17) is 0 Å². The van der Waals surface area contributed by atoms with Crippen molar-refractivity contribution < 1.29 is 49.8 Å². The van der Waals surface area contributed by atoms with Crippen molar-refractivity contribution in [1.29, 1.82) is 0 Å². The van der Waals surface area contributed by atoms with E-state index in [1.54, 1.807) is 0 Å². The van der Waals surface area contributed by atoms with Gasteiger partial charge in [0.2, 0.25) is 0 Å². The van der Waals surface area contributed by atoms with Crippen LogP contribution in [-0.4, -0.2) is 46.7 Å². The van der Waals surface area contributed by atoms with Crippen LogP contribution in [0.4, 0.5) is 35.1 Å². The first-order valence-electron chi connectivity index (χ1n) is 7.40. The fraction of sp³-hybridized carbons (Fsp3) is 0.375. The number of nitrogens with zero attached hydrogens (tertiary/aromatic N) is 1. The Bertz CT molecular complexity index is 901. The molecule has 0 aliphatic rings. The van der Waals surface area contributed by atoms with Gasteiger partial charge in [-0.25, -0.2) is 13.8 Å². The standard InChI is InChI=1S/C16H11F8NO3/c1-7(26)11-9(27)5-8-3-2-4-10(12(8)25-11)28-6-14(19,20)16(23,24)15(21,22)13(17)18/h2-5,13,27H,6H2,1H3. The van der Waals surface area contributed by atoms with Gasteiger partial charge in [0, 0.05) is 12.3 Å². The summed E-state index contributed by atoms with van der Waals surface area (Å²) in [6.45, 7) is -1.35. The number of para-hydroxylation sites is 1. The molecule has 0 radical (unpaired) electrons. The topological polar surface area (TPSA) is 59.4 Å². The van der Waals surface area contributed by atoms with Gasteiger partial charge in [-0.1, -0.05) is 12.1 Å². The molecule has 0 unspecified atom stereocenters. The average Bonchev–Trinajstić information content (AvgIpc) is 2.58. The van der Waals surface area contributed by atoms with Crippen LogP contribution in [0, 0.1) is 0 Å². The van der Waals surface area contributed by atoms with Crippen LogP contribution >= 0.6 is 0 Å². The molecule has 0 fully saturated rings. The Morgan fingerprint density at radius 2 is 1.79 bits per heavy atom. The van der Waals surface area contributed by atoms with Crippen molar-refractivity contribution in [2.45, 2.75) is 31.1 Å². The Hall–Kier alpha value is -2.66. The normalized spacial score (nSPS) is 13.2. The van der Waals surface area contributed by atoms with Crippen molar-refractivity contribution in [3.8, 4) is 11.5 Å². The minimum Gasteiger partial charge on any atom is -0.506 e. The predicted molar refractivity (Wildman–Crippen MR) is 79.8 cm³/mol. The molecule has 2 aromatic rings. The summed E-state index contributed by atoms with van der Waals surface area (Å²) in [6.07, 6.45) is -5.03. The number of aromatic nitrogens is 1. The summed E-state index contributed by atoms with van der Waals surface area (Å²) < 4.78 is 108. The van der Waals surface area contributed by atoms with Crippen LogP contribution in [0.1, 0.15) is 17.4 Å². The molecule has 1 heterocycles. The van der Waals surface area contributed by atoms with Gasteiger partial charge in [0.05, 0.1) is 0 Å². The van der Waals surface area contributed by atoms with Crippen LogP contribution in [0.5, 0.6) is 11.5 Å². The number of aromatic hydroxyl groups is 1. The van der Waals surface area contributed by atoms with Crippen molar-refractivity contribution in [3.63, 3.8) is 0 Å². The van der Waals surface area contributed by atoms with Crippen LogP contribution in [0.2, 0.25) is 0 Å². The molecule has 0 spiro atoms. The highest BCUT2D eigenvalue weighted by Crippen LogP contribution is 2.48. The molecule has 28 heavy (non-hydrogen) atoms. The molecule has 0 saturated heterocycles. The van der Waals surface area contributed by atoms with Crippen molar-refractivity contribution >= 4 is 16.7 Å². The second-order valence-electron chi connectivity index (χ2n) is 5.73. The second kappa shape index (κ2) is 7.06. The first-order chi connectivity index (χ1) is 12.7. The highest BCUT2D eigenvalue weighted by Gasteiger charge is 2.75. The summed E-state index contributed by atoms with van der Waals surface area (Å²) in [6, 6.07) is 4.45. The fourth-order valence-electron chi connectivity index (χ4n) is 2.18. The Labute approximate surface area is 151 Å². The monoisotopic (exact) mass is 417 g/mol. The second-order valence-corrected chi connectivity index (χ2v) is 5.73. The number of benzene rings is 1. The maximum Gasteiger partial charge on any atom is 0.381 e. The van der Waals surface area contributed by atoms with Crippen LogP contribution in [0.15, 0.2) is 24.3 Å². The lowest BCUT2D eigenvalue weighted by molar-refractivity contribution is -0.342. The number of fused-ring (bicyclic) bond motifs is 1. The molecule has 0 amide bonds. The SMILES string of the molecule is CC(=O)c1nc2c(OCC(F)(F)C(F)(F)C(F)(F)C(F)F)cccc2cc1O. The number of halogens is 8. The number of rotatable bonds is 7. The van der Waals surface area contributed by atoms with E-state index in [9.17, 15) is 45.0 Å². The maximum atomic E-state index is 13.6. The first-order valence-corrected chi connectivity index (χ1v) is 7.40. The first kappa shape index (κ1) is 21.6. The van der Waals surface area contributed by atoms with Gasteiger partial charge in [0.1, 0.15) is 22.7 Å². The molecule has 154 valence electrons. The zero-order chi connectivity index (χ0) is 21.5. The minimum atomic E-state index is -6.41. The van der Waals surface area contributed by atoms with Crippen molar-refractivity contribution in [2.24, 2.45) is 0 Å². The Balaban J connectivity index is 2.39. The summed E-state index contributed by atoms with van der Waals surface area (Å²) >= 11 is 0. The van der Waals surface area contributed by atoms with Gasteiger partial charge in [-0.2, -0.15) is 26.3 Å². The Kier molecular flexibility index (Phi) is 5.46. The smallest absolute Gasteiger partial charge is 0.381 e. The molecule has 0 bridgehead atoms. The summed E-state index contributed by atoms with van der Waals surface area (Å²) in [5.41, 5.74) is -0.796. The molecular weight excluding hydrogens is 406 g/mol.